The summed E-state index contributed by atoms with van der Waals surface area (Å²) in [5, 5.41) is 0. The molecule has 2 aromatic carbocycles. The van der Waals surface area contributed by atoms with Gasteiger partial charge in [0.1, 0.15) is 0 Å². The minimum atomic E-state index is 0.0414. The second kappa shape index (κ2) is 5.77. The molecular weight excluding hydrogens is 330 g/mol. The van der Waals surface area contributed by atoms with E-state index in [9.17, 15) is 4.79 Å². The molecule has 21 heavy (non-hydrogen) atoms. The Kier molecular flexibility index (Phi) is 3.84. The number of nitrogens with two attached hydrogens (primary N) is 1. The molecule has 0 bridgehead atoms. The lowest BCUT2D eigenvalue weighted by atomic mass is 10.2. The lowest BCUT2D eigenvalue weighted by Crippen LogP contribution is -2.31. The first-order valence-electron chi connectivity index (χ1n) is 6.80. The molecule has 0 aromatic heterocycles. The summed E-state index contributed by atoms with van der Waals surface area (Å²) in [6.07, 6.45) is 0. The molecule has 0 unspecified atom stereocenters. The van der Waals surface area contributed by atoms with Gasteiger partial charge in [-0.2, -0.15) is 0 Å². The number of halogens is 1. The van der Waals surface area contributed by atoms with E-state index < -0.39 is 0 Å². The van der Waals surface area contributed by atoms with Crippen LogP contribution in [0.15, 0.2) is 53.0 Å². The number of carbonyl (C=O) groups excluding carboxylic acids is 1. The summed E-state index contributed by atoms with van der Waals surface area (Å²) in [6.45, 7) is 2.07. The summed E-state index contributed by atoms with van der Waals surface area (Å²) in [6, 6.07) is 15.5. The molecule has 0 saturated carbocycles. The fourth-order valence-corrected chi connectivity index (χ4v) is 2.93. The molecule has 2 N–H and O–H groups in total. The van der Waals surface area contributed by atoms with E-state index in [-0.39, 0.29) is 6.03 Å². The number of rotatable bonds is 3. The number of carbonyl (C=O) groups is 1. The molecule has 1 aliphatic rings. The highest BCUT2D eigenvalue weighted by Gasteiger charge is 2.29. The summed E-state index contributed by atoms with van der Waals surface area (Å²) < 4.78 is 1.03. The minimum absolute atomic E-state index is 0.0414. The van der Waals surface area contributed by atoms with Crippen molar-refractivity contribution in [2.75, 3.05) is 23.7 Å². The summed E-state index contributed by atoms with van der Waals surface area (Å²) in [4.78, 5) is 16.1. The molecule has 1 aliphatic heterocycles. The van der Waals surface area contributed by atoms with Gasteiger partial charge in [0.05, 0.1) is 0 Å². The monoisotopic (exact) mass is 345 g/mol. The van der Waals surface area contributed by atoms with Crippen molar-refractivity contribution < 1.29 is 4.79 Å². The normalized spacial score (nSPS) is 14.8. The summed E-state index contributed by atoms with van der Waals surface area (Å²) in [7, 11) is 0. The van der Waals surface area contributed by atoms with Crippen LogP contribution in [0.2, 0.25) is 0 Å². The Morgan fingerprint density at radius 2 is 1.86 bits per heavy atom. The van der Waals surface area contributed by atoms with E-state index >= 15 is 0 Å². The quantitative estimate of drug-likeness (QED) is 0.865. The highest BCUT2D eigenvalue weighted by molar-refractivity contribution is 9.10. The average Bonchev–Trinajstić information content (AvgIpc) is 2.81. The topological polar surface area (TPSA) is 49.6 Å². The number of nitrogen functional groups attached to an aromatic ring is 1. The maximum Gasteiger partial charge on any atom is 0.324 e. The number of nitrogens with zero attached hydrogens (tertiary/aromatic N) is 2. The van der Waals surface area contributed by atoms with E-state index in [0.29, 0.717) is 18.8 Å². The van der Waals surface area contributed by atoms with Crippen LogP contribution in [-0.4, -0.2) is 24.0 Å². The van der Waals surface area contributed by atoms with Crippen molar-refractivity contribution in [1.29, 1.82) is 0 Å². The van der Waals surface area contributed by atoms with E-state index in [1.807, 2.05) is 53.4 Å². The zero-order valence-electron chi connectivity index (χ0n) is 11.5. The SMILES string of the molecule is Nc1ccc(N2CCN(Cc3cccc(Br)c3)C2=O)cc1. The van der Waals surface area contributed by atoms with Crippen LogP contribution >= 0.6 is 15.9 Å². The molecule has 2 amide bonds. The third kappa shape index (κ3) is 3.03. The molecule has 3 rings (SSSR count). The predicted molar refractivity (Wildman–Crippen MR) is 88.1 cm³/mol. The summed E-state index contributed by atoms with van der Waals surface area (Å²) in [5.41, 5.74) is 8.41. The maximum absolute atomic E-state index is 12.5. The molecular formula is C16H16BrN3O. The van der Waals surface area contributed by atoms with Gasteiger partial charge in [-0.1, -0.05) is 28.1 Å². The van der Waals surface area contributed by atoms with Gasteiger partial charge < -0.3 is 10.6 Å². The van der Waals surface area contributed by atoms with Gasteiger partial charge in [0.2, 0.25) is 0 Å². The minimum Gasteiger partial charge on any atom is -0.399 e. The standard InChI is InChI=1S/C16H16BrN3O/c17-13-3-1-2-12(10-13)11-19-8-9-20(16(19)21)15-6-4-14(18)5-7-15/h1-7,10H,8-9,11,18H2. The first-order chi connectivity index (χ1) is 10.1. The Hall–Kier alpha value is -2.01. The number of hydrogen-bond donors (Lipinski definition) is 1. The van der Waals surface area contributed by atoms with Gasteiger partial charge in [-0.3, -0.25) is 4.90 Å². The molecule has 0 spiro atoms. The molecule has 1 fully saturated rings. The fourth-order valence-electron chi connectivity index (χ4n) is 2.48. The second-order valence-electron chi connectivity index (χ2n) is 5.08. The first kappa shape index (κ1) is 13.9. The van der Waals surface area contributed by atoms with Crippen molar-refractivity contribution in [1.82, 2.24) is 4.90 Å². The van der Waals surface area contributed by atoms with E-state index in [1.54, 1.807) is 4.90 Å². The van der Waals surface area contributed by atoms with Gasteiger partial charge in [0.15, 0.2) is 0 Å². The molecule has 0 atom stereocenters. The number of anilines is 2. The molecule has 2 aromatic rings. The van der Waals surface area contributed by atoms with Crippen LogP contribution in [0.4, 0.5) is 16.2 Å². The Balaban J connectivity index is 1.73. The zero-order chi connectivity index (χ0) is 14.8. The van der Waals surface area contributed by atoms with Crippen LogP contribution in [-0.2, 0) is 6.54 Å². The van der Waals surface area contributed by atoms with Crippen LogP contribution in [0, 0.1) is 0 Å². The van der Waals surface area contributed by atoms with Crippen molar-refractivity contribution in [3.63, 3.8) is 0 Å². The molecule has 1 saturated heterocycles. The van der Waals surface area contributed by atoms with Crippen LogP contribution in [0.1, 0.15) is 5.56 Å². The van der Waals surface area contributed by atoms with E-state index in [4.69, 9.17) is 5.73 Å². The lowest BCUT2D eigenvalue weighted by Gasteiger charge is -2.19. The number of amides is 2. The molecule has 108 valence electrons. The maximum atomic E-state index is 12.5. The van der Waals surface area contributed by atoms with Crippen LogP contribution < -0.4 is 10.6 Å². The summed E-state index contributed by atoms with van der Waals surface area (Å²) >= 11 is 3.46. The molecule has 0 radical (unpaired) electrons. The van der Waals surface area contributed by atoms with Gasteiger partial charge in [0.25, 0.3) is 0 Å². The smallest absolute Gasteiger partial charge is 0.324 e. The van der Waals surface area contributed by atoms with Crippen molar-refractivity contribution in [2.45, 2.75) is 6.54 Å². The molecule has 1 heterocycles. The zero-order valence-corrected chi connectivity index (χ0v) is 13.1. The second-order valence-corrected chi connectivity index (χ2v) is 5.99. The molecule has 4 nitrogen and oxygen atoms in total. The van der Waals surface area contributed by atoms with Crippen LogP contribution in [0.5, 0.6) is 0 Å². The average molecular weight is 346 g/mol. The van der Waals surface area contributed by atoms with E-state index in [1.165, 1.54) is 0 Å². The van der Waals surface area contributed by atoms with Gasteiger partial charge >= 0.3 is 6.03 Å². The van der Waals surface area contributed by atoms with E-state index in [0.717, 1.165) is 22.3 Å². The lowest BCUT2D eigenvalue weighted by molar-refractivity contribution is 0.219. The van der Waals surface area contributed by atoms with Crippen molar-refractivity contribution >= 4 is 33.3 Å². The van der Waals surface area contributed by atoms with Crippen LogP contribution in [0.3, 0.4) is 0 Å². The number of hydrogen-bond acceptors (Lipinski definition) is 2. The largest absolute Gasteiger partial charge is 0.399 e. The number of benzene rings is 2. The Morgan fingerprint density at radius 3 is 2.57 bits per heavy atom. The van der Waals surface area contributed by atoms with Gasteiger partial charge in [0, 0.05) is 35.5 Å². The fraction of sp³-hybridized carbons (Fsp3) is 0.188. The summed E-state index contributed by atoms with van der Waals surface area (Å²) in [5.74, 6) is 0. The Morgan fingerprint density at radius 1 is 1.10 bits per heavy atom. The Labute approximate surface area is 132 Å². The third-order valence-corrected chi connectivity index (χ3v) is 4.06. The van der Waals surface area contributed by atoms with E-state index in [2.05, 4.69) is 15.9 Å². The molecule has 0 aliphatic carbocycles. The van der Waals surface area contributed by atoms with Crippen molar-refractivity contribution in [3.8, 4) is 0 Å². The first-order valence-corrected chi connectivity index (χ1v) is 7.59. The van der Waals surface area contributed by atoms with Gasteiger partial charge in [-0.25, -0.2) is 4.79 Å². The predicted octanol–water partition coefficient (Wildman–Crippen LogP) is 3.47. The number of urea groups is 1. The van der Waals surface area contributed by atoms with Gasteiger partial charge in [-0.05, 0) is 42.0 Å². The van der Waals surface area contributed by atoms with Crippen molar-refractivity contribution in [3.05, 3.63) is 58.6 Å². The van der Waals surface area contributed by atoms with Crippen LogP contribution in [0.25, 0.3) is 0 Å². The third-order valence-electron chi connectivity index (χ3n) is 3.56. The van der Waals surface area contributed by atoms with Crippen molar-refractivity contribution in [2.24, 2.45) is 0 Å². The highest BCUT2D eigenvalue weighted by Crippen LogP contribution is 2.23. The Bertz CT molecular complexity index is 657. The molecule has 5 heteroatoms. The highest BCUT2D eigenvalue weighted by atomic mass is 79.9. The van der Waals surface area contributed by atoms with Gasteiger partial charge in [-0.15, -0.1) is 0 Å².